The highest BCUT2D eigenvalue weighted by molar-refractivity contribution is 5.80. The fourth-order valence-corrected chi connectivity index (χ4v) is 3.23. The minimum atomic E-state index is -0.638. The molecule has 0 saturated heterocycles. The highest BCUT2D eigenvalue weighted by Gasteiger charge is 2.32. The third-order valence-corrected chi connectivity index (χ3v) is 4.59. The van der Waals surface area contributed by atoms with Gasteiger partial charge in [0, 0.05) is 12.0 Å². The van der Waals surface area contributed by atoms with E-state index in [2.05, 4.69) is 5.32 Å². The van der Waals surface area contributed by atoms with Crippen molar-refractivity contribution >= 4 is 11.9 Å². The fraction of sp³-hybridized carbons (Fsp3) is 0.417. The summed E-state index contributed by atoms with van der Waals surface area (Å²) in [6, 6.07) is 12.8. The number of amides is 1. The van der Waals surface area contributed by atoms with Gasteiger partial charge < -0.3 is 29.0 Å². The van der Waals surface area contributed by atoms with Crippen LogP contribution < -0.4 is 24.3 Å². The molecule has 0 bridgehead atoms. The van der Waals surface area contributed by atoms with Crippen LogP contribution >= 0.6 is 0 Å². The van der Waals surface area contributed by atoms with Crippen molar-refractivity contribution in [2.24, 2.45) is 0 Å². The van der Waals surface area contributed by atoms with Crippen molar-refractivity contribution in [3.8, 4) is 23.0 Å². The van der Waals surface area contributed by atoms with Gasteiger partial charge in [0.2, 0.25) is 0 Å². The van der Waals surface area contributed by atoms with E-state index in [4.69, 9.17) is 23.7 Å². The minimum Gasteiger partial charge on any atom is -0.494 e. The van der Waals surface area contributed by atoms with Gasteiger partial charge in [0.15, 0.2) is 24.7 Å². The molecule has 2 aromatic carbocycles. The maximum absolute atomic E-state index is 11.9. The summed E-state index contributed by atoms with van der Waals surface area (Å²) in [6.07, 6.45) is 0.770. The normalized spacial score (nSPS) is 13.5. The predicted octanol–water partition coefficient (Wildman–Crippen LogP) is 2.92. The standard InChI is InChI=1S/C24H29NO7/c1-4-28-18-8-10-19(11-9-18)29-13-12-25-21(26)15-31-22(27)16-30-20-7-5-6-17-14-24(2,3)32-23(17)20/h5-11H,4,12-16H2,1-3H3,(H,25,26). The van der Waals surface area contributed by atoms with Crippen LogP contribution in [-0.4, -0.2) is 50.4 Å². The quantitative estimate of drug-likeness (QED) is 0.422. The largest absolute Gasteiger partial charge is 0.494 e. The zero-order valence-electron chi connectivity index (χ0n) is 18.6. The summed E-state index contributed by atoms with van der Waals surface area (Å²) < 4.78 is 27.3. The van der Waals surface area contributed by atoms with Crippen LogP contribution in [0.4, 0.5) is 0 Å². The lowest BCUT2D eigenvalue weighted by Crippen LogP contribution is -2.32. The van der Waals surface area contributed by atoms with Crippen molar-refractivity contribution in [2.75, 3.05) is 33.0 Å². The molecule has 0 radical (unpaired) electrons. The highest BCUT2D eigenvalue weighted by atomic mass is 16.6. The molecule has 8 nitrogen and oxygen atoms in total. The Balaban J connectivity index is 1.31. The Bertz CT molecular complexity index is 924. The van der Waals surface area contributed by atoms with E-state index in [1.54, 1.807) is 18.2 Å². The smallest absolute Gasteiger partial charge is 0.344 e. The van der Waals surface area contributed by atoms with Gasteiger partial charge in [-0.15, -0.1) is 0 Å². The number of para-hydroxylation sites is 1. The minimum absolute atomic E-state index is 0.281. The molecule has 1 aliphatic heterocycles. The second kappa shape index (κ2) is 10.7. The second-order valence-corrected chi connectivity index (χ2v) is 7.84. The number of fused-ring (bicyclic) bond motifs is 1. The van der Waals surface area contributed by atoms with Crippen molar-refractivity contribution < 1.29 is 33.3 Å². The molecule has 172 valence electrons. The lowest BCUT2D eigenvalue weighted by Gasteiger charge is -2.18. The lowest BCUT2D eigenvalue weighted by molar-refractivity contribution is -0.150. The van der Waals surface area contributed by atoms with Gasteiger partial charge in [-0.1, -0.05) is 12.1 Å². The van der Waals surface area contributed by atoms with Crippen molar-refractivity contribution in [3.63, 3.8) is 0 Å². The molecule has 32 heavy (non-hydrogen) atoms. The van der Waals surface area contributed by atoms with Crippen LogP contribution in [-0.2, 0) is 20.7 Å². The Morgan fingerprint density at radius 2 is 1.72 bits per heavy atom. The summed E-state index contributed by atoms with van der Waals surface area (Å²) in [5, 5.41) is 2.63. The monoisotopic (exact) mass is 443 g/mol. The van der Waals surface area contributed by atoms with Gasteiger partial charge in [0.1, 0.15) is 23.7 Å². The number of benzene rings is 2. The fourth-order valence-electron chi connectivity index (χ4n) is 3.23. The van der Waals surface area contributed by atoms with Crippen molar-refractivity contribution in [1.29, 1.82) is 0 Å². The van der Waals surface area contributed by atoms with Gasteiger partial charge in [0.25, 0.3) is 5.91 Å². The molecular weight excluding hydrogens is 414 g/mol. The molecule has 8 heteroatoms. The third kappa shape index (κ3) is 6.80. The molecule has 2 aromatic rings. The number of ether oxygens (including phenoxy) is 5. The highest BCUT2D eigenvalue weighted by Crippen LogP contribution is 2.41. The maximum Gasteiger partial charge on any atom is 0.344 e. The Hall–Kier alpha value is -3.42. The number of carbonyl (C=O) groups is 2. The molecule has 1 N–H and O–H groups in total. The number of carbonyl (C=O) groups excluding carboxylic acids is 2. The maximum atomic E-state index is 11.9. The Labute approximate surface area is 187 Å². The van der Waals surface area contributed by atoms with Crippen molar-refractivity contribution in [3.05, 3.63) is 48.0 Å². The van der Waals surface area contributed by atoms with Crippen molar-refractivity contribution in [2.45, 2.75) is 32.8 Å². The third-order valence-electron chi connectivity index (χ3n) is 4.59. The average molecular weight is 443 g/mol. The number of rotatable bonds is 11. The summed E-state index contributed by atoms with van der Waals surface area (Å²) >= 11 is 0. The van der Waals surface area contributed by atoms with E-state index in [0.717, 1.165) is 17.7 Å². The van der Waals surface area contributed by atoms with E-state index in [0.29, 0.717) is 23.9 Å². The van der Waals surface area contributed by atoms with Crippen LogP contribution in [0.3, 0.4) is 0 Å². The molecule has 0 aromatic heterocycles. The summed E-state index contributed by atoms with van der Waals surface area (Å²) in [4.78, 5) is 23.8. The van der Waals surface area contributed by atoms with Crippen LogP contribution in [0.15, 0.2) is 42.5 Å². The first-order valence-corrected chi connectivity index (χ1v) is 10.6. The number of nitrogens with one attached hydrogen (secondary N) is 1. The van der Waals surface area contributed by atoms with Crippen LogP contribution in [0.25, 0.3) is 0 Å². The number of esters is 1. The van der Waals surface area contributed by atoms with E-state index >= 15 is 0 Å². The van der Waals surface area contributed by atoms with Gasteiger partial charge in [0.05, 0.1) is 13.2 Å². The van der Waals surface area contributed by atoms with E-state index in [-0.39, 0.29) is 32.0 Å². The topological polar surface area (TPSA) is 92.3 Å². The molecule has 1 aliphatic rings. The van der Waals surface area contributed by atoms with Crippen LogP contribution in [0.5, 0.6) is 23.0 Å². The van der Waals surface area contributed by atoms with Gasteiger partial charge in [-0.3, -0.25) is 4.79 Å². The second-order valence-electron chi connectivity index (χ2n) is 7.84. The zero-order chi connectivity index (χ0) is 23.0. The molecule has 0 atom stereocenters. The summed E-state index contributed by atoms with van der Waals surface area (Å²) in [6.45, 7) is 6.37. The first-order valence-electron chi connectivity index (χ1n) is 10.6. The van der Waals surface area contributed by atoms with E-state index in [1.165, 1.54) is 0 Å². The molecule has 0 aliphatic carbocycles. The predicted molar refractivity (Wildman–Crippen MR) is 117 cm³/mol. The summed E-state index contributed by atoms with van der Waals surface area (Å²) in [7, 11) is 0. The molecule has 3 rings (SSSR count). The first-order chi connectivity index (χ1) is 15.4. The molecule has 0 spiro atoms. The van der Waals surface area contributed by atoms with E-state index in [9.17, 15) is 9.59 Å². The molecule has 0 fully saturated rings. The van der Waals surface area contributed by atoms with E-state index in [1.807, 2.05) is 45.0 Å². The molecule has 0 unspecified atom stereocenters. The molecule has 1 heterocycles. The molecule has 0 saturated carbocycles. The van der Waals surface area contributed by atoms with Crippen LogP contribution in [0.2, 0.25) is 0 Å². The van der Waals surface area contributed by atoms with E-state index < -0.39 is 11.9 Å². The SMILES string of the molecule is CCOc1ccc(OCCNC(=O)COC(=O)COc2cccc3c2OC(C)(C)C3)cc1. The summed E-state index contributed by atoms with van der Waals surface area (Å²) in [5.74, 6) is 1.52. The Morgan fingerprint density at radius 1 is 1.00 bits per heavy atom. The average Bonchev–Trinajstić information content (AvgIpc) is 3.09. The van der Waals surface area contributed by atoms with Gasteiger partial charge >= 0.3 is 5.97 Å². The number of hydrogen-bond acceptors (Lipinski definition) is 7. The van der Waals surface area contributed by atoms with Crippen molar-refractivity contribution in [1.82, 2.24) is 5.32 Å². The lowest BCUT2D eigenvalue weighted by atomic mass is 10.0. The Morgan fingerprint density at radius 3 is 2.44 bits per heavy atom. The first kappa shape index (κ1) is 23.2. The van der Waals surface area contributed by atoms with Gasteiger partial charge in [-0.2, -0.15) is 0 Å². The van der Waals surface area contributed by atoms with Gasteiger partial charge in [-0.25, -0.2) is 4.79 Å². The summed E-state index contributed by atoms with van der Waals surface area (Å²) in [5.41, 5.74) is 0.726. The Kier molecular flexibility index (Phi) is 7.81. The van der Waals surface area contributed by atoms with Crippen LogP contribution in [0, 0.1) is 0 Å². The van der Waals surface area contributed by atoms with Gasteiger partial charge in [-0.05, 0) is 51.1 Å². The van der Waals surface area contributed by atoms with Crippen LogP contribution in [0.1, 0.15) is 26.3 Å². The molecular formula is C24H29NO7. The number of hydrogen-bond donors (Lipinski definition) is 1. The zero-order valence-corrected chi connectivity index (χ0v) is 18.6. The molecule has 1 amide bonds.